The number of carbonyl (C=O) groups is 1. The first-order valence-electron chi connectivity index (χ1n) is 6.37. The van der Waals surface area contributed by atoms with Gasteiger partial charge in [0.05, 0.1) is 5.75 Å². The van der Waals surface area contributed by atoms with Crippen molar-refractivity contribution in [3.63, 3.8) is 0 Å². The largest absolute Gasteiger partial charge is 0.343 e. The minimum atomic E-state index is 0.194. The van der Waals surface area contributed by atoms with Gasteiger partial charge in [-0.3, -0.25) is 4.79 Å². The fourth-order valence-corrected chi connectivity index (χ4v) is 2.82. The molecule has 1 rings (SSSR count). The van der Waals surface area contributed by atoms with Crippen molar-refractivity contribution in [2.45, 2.75) is 19.1 Å². The first-order valence-corrected chi connectivity index (χ1v) is 7.42. The maximum absolute atomic E-state index is 11.9. The lowest BCUT2D eigenvalue weighted by Crippen LogP contribution is -2.32. The Labute approximate surface area is 114 Å². The molecule has 1 atom stereocenters. The Hall–Kier alpha value is -1.00. The molecule has 3 nitrogen and oxygen atoms in total. The van der Waals surface area contributed by atoms with Crippen LogP contribution in [0.2, 0.25) is 0 Å². The second-order valence-electron chi connectivity index (χ2n) is 4.01. The molecule has 0 fully saturated rings. The Morgan fingerprint density at radius 3 is 2.39 bits per heavy atom. The third kappa shape index (κ3) is 4.35. The molecule has 4 heteroatoms. The summed E-state index contributed by atoms with van der Waals surface area (Å²) in [5.74, 6) is 0.692. The molecule has 0 aliphatic rings. The Balaban J connectivity index is 2.53. The van der Waals surface area contributed by atoms with Gasteiger partial charge in [0.1, 0.15) is 0 Å². The molecule has 1 amide bonds. The first-order chi connectivity index (χ1) is 8.72. The number of rotatable bonds is 7. The van der Waals surface area contributed by atoms with Gasteiger partial charge in [-0.2, -0.15) is 0 Å². The Kier molecular flexibility index (Phi) is 6.83. The molecule has 0 bridgehead atoms. The van der Waals surface area contributed by atoms with Crippen LogP contribution < -0.4 is 5.73 Å². The lowest BCUT2D eigenvalue weighted by atomic mass is 10.1. The van der Waals surface area contributed by atoms with Gasteiger partial charge in [-0.25, -0.2) is 0 Å². The molecule has 0 spiro atoms. The quantitative estimate of drug-likeness (QED) is 0.823. The van der Waals surface area contributed by atoms with Crippen LogP contribution >= 0.6 is 11.8 Å². The van der Waals surface area contributed by atoms with E-state index in [0.29, 0.717) is 12.3 Å². The normalized spacial score (nSPS) is 12.2. The minimum absolute atomic E-state index is 0.194. The molecule has 1 aromatic carbocycles. The highest BCUT2D eigenvalue weighted by molar-refractivity contribution is 8.00. The first kappa shape index (κ1) is 15.1. The number of hydrogen-bond acceptors (Lipinski definition) is 3. The average molecular weight is 266 g/mol. The number of benzene rings is 1. The Morgan fingerprint density at radius 1 is 1.28 bits per heavy atom. The predicted molar refractivity (Wildman–Crippen MR) is 78.6 cm³/mol. The van der Waals surface area contributed by atoms with Crippen molar-refractivity contribution in [3.05, 3.63) is 35.9 Å². The summed E-state index contributed by atoms with van der Waals surface area (Å²) in [6.07, 6.45) is 0. The summed E-state index contributed by atoms with van der Waals surface area (Å²) in [5, 5.41) is 0.200. The molecule has 0 radical (unpaired) electrons. The lowest BCUT2D eigenvalue weighted by Gasteiger charge is -2.20. The van der Waals surface area contributed by atoms with E-state index in [2.05, 4.69) is 12.1 Å². The molecule has 1 aromatic rings. The lowest BCUT2D eigenvalue weighted by molar-refractivity contribution is -0.127. The predicted octanol–water partition coefficient (Wildman–Crippen LogP) is 2.29. The fourth-order valence-electron chi connectivity index (χ4n) is 1.81. The van der Waals surface area contributed by atoms with E-state index in [9.17, 15) is 4.79 Å². The van der Waals surface area contributed by atoms with Gasteiger partial charge in [0, 0.05) is 24.9 Å². The van der Waals surface area contributed by atoms with Gasteiger partial charge >= 0.3 is 0 Å². The number of thioether (sulfide) groups is 1. The van der Waals surface area contributed by atoms with Crippen molar-refractivity contribution in [1.82, 2.24) is 4.90 Å². The summed E-state index contributed by atoms with van der Waals surface area (Å²) >= 11 is 1.63. The summed E-state index contributed by atoms with van der Waals surface area (Å²) in [6.45, 7) is 6.11. The number of hydrogen-bond donors (Lipinski definition) is 1. The van der Waals surface area contributed by atoms with Crippen molar-refractivity contribution in [2.75, 3.05) is 25.4 Å². The fraction of sp³-hybridized carbons (Fsp3) is 0.500. The van der Waals surface area contributed by atoms with Crippen LogP contribution in [0.5, 0.6) is 0 Å². The van der Waals surface area contributed by atoms with Crippen LogP contribution in [0.1, 0.15) is 24.7 Å². The van der Waals surface area contributed by atoms with Gasteiger partial charge < -0.3 is 10.6 Å². The third-order valence-electron chi connectivity index (χ3n) is 2.91. The van der Waals surface area contributed by atoms with Crippen LogP contribution in [-0.4, -0.2) is 36.2 Å². The minimum Gasteiger partial charge on any atom is -0.343 e. The maximum atomic E-state index is 11.9. The van der Waals surface area contributed by atoms with Gasteiger partial charge in [-0.1, -0.05) is 30.3 Å². The molecule has 100 valence electrons. The highest BCUT2D eigenvalue weighted by atomic mass is 32.2. The van der Waals surface area contributed by atoms with Crippen LogP contribution in [0.3, 0.4) is 0 Å². The van der Waals surface area contributed by atoms with E-state index < -0.39 is 0 Å². The van der Waals surface area contributed by atoms with Crippen molar-refractivity contribution in [1.29, 1.82) is 0 Å². The van der Waals surface area contributed by atoms with Crippen LogP contribution in [0.4, 0.5) is 0 Å². The molecule has 0 aliphatic heterocycles. The van der Waals surface area contributed by atoms with Gasteiger partial charge in [-0.15, -0.1) is 11.8 Å². The zero-order valence-corrected chi connectivity index (χ0v) is 12.0. The second-order valence-corrected chi connectivity index (χ2v) is 5.20. The summed E-state index contributed by atoms with van der Waals surface area (Å²) in [5.41, 5.74) is 6.98. The molecule has 0 saturated carbocycles. The van der Waals surface area contributed by atoms with E-state index in [1.54, 1.807) is 11.8 Å². The maximum Gasteiger partial charge on any atom is 0.232 e. The Morgan fingerprint density at radius 2 is 1.89 bits per heavy atom. The summed E-state index contributed by atoms with van der Waals surface area (Å²) in [4.78, 5) is 13.8. The van der Waals surface area contributed by atoms with E-state index >= 15 is 0 Å². The van der Waals surface area contributed by atoms with E-state index in [1.807, 2.05) is 36.9 Å². The van der Waals surface area contributed by atoms with Gasteiger partial charge in [0.2, 0.25) is 5.91 Å². The molecule has 0 heterocycles. The molecule has 0 saturated heterocycles. The van der Waals surface area contributed by atoms with Gasteiger partial charge in [0.15, 0.2) is 0 Å². The number of carbonyl (C=O) groups excluding carboxylic acids is 1. The summed E-state index contributed by atoms with van der Waals surface area (Å²) in [6, 6.07) is 10.1. The highest BCUT2D eigenvalue weighted by Gasteiger charge is 2.15. The second kappa shape index (κ2) is 8.16. The molecule has 2 N–H and O–H groups in total. The topological polar surface area (TPSA) is 46.3 Å². The molecule has 0 aliphatic carbocycles. The summed E-state index contributed by atoms with van der Waals surface area (Å²) in [7, 11) is 0. The van der Waals surface area contributed by atoms with E-state index in [-0.39, 0.29) is 11.2 Å². The Bertz CT molecular complexity index is 352. The smallest absolute Gasteiger partial charge is 0.232 e. The summed E-state index contributed by atoms with van der Waals surface area (Å²) < 4.78 is 0. The number of amides is 1. The number of nitrogens with zero attached hydrogens (tertiary/aromatic N) is 1. The molecule has 0 aromatic heterocycles. The van der Waals surface area contributed by atoms with Crippen LogP contribution in [-0.2, 0) is 4.79 Å². The standard InChI is InChI=1S/C14H22N2OS/c1-3-16(4-2)14(17)11-18-13(10-15)12-8-6-5-7-9-12/h5-9,13H,3-4,10-11,15H2,1-2H3. The molecule has 18 heavy (non-hydrogen) atoms. The zero-order valence-electron chi connectivity index (χ0n) is 11.1. The molecular weight excluding hydrogens is 244 g/mol. The van der Waals surface area contributed by atoms with E-state index in [1.165, 1.54) is 5.56 Å². The van der Waals surface area contributed by atoms with E-state index in [4.69, 9.17) is 5.73 Å². The highest BCUT2D eigenvalue weighted by Crippen LogP contribution is 2.27. The van der Waals surface area contributed by atoms with Crippen LogP contribution in [0.15, 0.2) is 30.3 Å². The van der Waals surface area contributed by atoms with E-state index in [0.717, 1.165) is 13.1 Å². The van der Waals surface area contributed by atoms with Crippen molar-refractivity contribution in [2.24, 2.45) is 5.73 Å². The third-order valence-corrected chi connectivity index (χ3v) is 4.19. The molecular formula is C14H22N2OS. The van der Waals surface area contributed by atoms with Crippen molar-refractivity contribution in [3.8, 4) is 0 Å². The number of nitrogens with two attached hydrogens (primary N) is 1. The molecule has 1 unspecified atom stereocenters. The SMILES string of the molecule is CCN(CC)C(=O)CSC(CN)c1ccccc1. The van der Waals surface area contributed by atoms with Crippen molar-refractivity contribution < 1.29 is 4.79 Å². The zero-order chi connectivity index (χ0) is 13.4. The van der Waals surface area contributed by atoms with Crippen LogP contribution in [0.25, 0.3) is 0 Å². The average Bonchev–Trinajstić information content (AvgIpc) is 2.42. The van der Waals surface area contributed by atoms with Gasteiger partial charge in [-0.05, 0) is 19.4 Å². The van der Waals surface area contributed by atoms with Crippen LogP contribution in [0, 0.1) is 0 Å². The monoisotopic (exact) mass is 266 g/mol. The van der Waals surface area contributed by atoms with Gasteiger partial charge in [0.25, 0.3) is 0 Å². The van der Waals surface area contributed by atoms with Crippen molar-refractivity contribution >= 4 is 17.7 Å².